The first-order chi connectivity index (χ1) is 15.1. The number of carbonyl (C=O) groups excluding carboxylic acids is 2. The molecule has 0 aliphatic carbocycles. The van der Waals surface area contributed by atoms with E-state index >= 15 is 0 Å². The van der Waals surface area contributed by atoms with Crippen LogP contribution in [0.5, 0.6) is 5.75 Å². The van der Waals surface area contributed by atoms with Gasteiger partial charge in [0.15, 0.2) is 12.9 Å². The van der Waals surface area contributed by atoms with E-state index in [-0.39, 0.29) is 18.6 Å². The summed E-state index contributed by atoms with van der Waals surface area (Å²) in [5.41, 5.74) is 2.78. The highest BCUT2D eigenvalue weighted by atomic mass is 35.5. The summed E-state index contributed by atoms with van der Waals surface area (Å²) in [5, 5.41) is 7.19. The maximum atomic E-state index is 13.1. The van der Waals surface area contributed by atoms with Crippen molar-refractivity contribution >= 4 is 41.1 Å². The first-order valence-corrected chi connectivity index (χ1v) is 10.4. The highest BCUT2D eigenvalue weighted by molar-refractivity contribution is 6.34. The van der Waals surface area contributed by atoms with E-state index in [0.29, 0.717) is 39.8 Å². The Morgan fingerprint density at radius 2 is 1.74 bits per heavy atom. The Morgan fingerprint density at radius 3 is 2.48 bits per heavy atom. The van der Waals surface area contributed by atoms with Crippen LogP contribution in [0.15, 0.2) is 77.9 Å². The number of ether oxygens (including phenoxy) is 1. The summed E-state index contributed by atoms with van der Waals surface area (Å²) in [5.74, 6) is 0.0195. The van der Waals surface area contributed by atoms with E-state index in [9.17, 15) is 9.59 Å². The average molecular weight is 453 g/mol. The quantitative estimate of drug-likeness (QED) is 0.459. The van der Waals surface area contributed by atoms with Crippen molar-refractivity contribution in [3.05, 3.63) is 99.5 Å². The van der Waals surface area contributed by atoms with Gasteiger partial charge in [0.05, 0.1) is 17.3 Å². The van der Waals surface area contributed by atoms with Gasteiger partial charge in [-0.25, -0.2) is 5.01 Å². The lowest BCUT2D eigenvalue weighted by Gasteiger charge is -2.22. The molecule has 1 unspecified atom stereocenters. The molecule has 0 saturated heterocycles. The lowest BCUT2D eigenvalue weighted by atomic mass is 9.98. The largest absolute Gasteiger partial charge is 0.483 e. The summed E-state index contributed by atoms with van der Waals surface area (Å²) in [7, 11) is 0. The van der Waals surface area contributed by atoms with Crippen molar-refractivity contribution in [2.24, 2.45) is 5.10 Å². The molecule has 0 saturated carbocycles. The Balaban J connectivity index is 1.61. The van der Waals surface area contributed by atoms with Crippen LogP contribution in [0.4, 0.5) is 0 Å². The maximum absolute atomic E-state index is 13.1. The van der Waals surface area contributed by atoms with Gasteiger partial charge in [-0.05, 0) is 35.9 Å². The zero-order chi connectivity index (χ0) is 21.8. The predicted octanol–water partition coefficient (Wildman–Crippen LogP) is 5.56. The van der Waals surface area contributed by atoms with E-state index < -0.39 is 0 Å². The molecule has 0 spiro atoms. The molecule has 1 aliphatic heterocycles. The van der Waals surface area contributed by atoms with Crippen molar-refractivity contribution in [2.45, 2.75) is 12.5 Å². The molecule has 1 aliphatic rings. The van der Waals surface area contributed by atoms with Crippen molar-refractivity contribution in [3.63, 3.8) is 0 Å². The first kappa shape index (κ1) is 21.1. The Labute approximate surface area is 189 Å². The smallest absolute Gasteiger partial charge is 0.281 e. The van der Waals surface area contributed by atoms with E-state index in [0.717, 1.165) is 11.1 Å². The first-order valence-electron chi connectivity index (χ1n) is 9.63. The van der Waals surface area contributed by atoms with Gasteiger partial charge in [0, 0.05) is 22.0 Å². The minimum absolute atomic E-state index is 0.256. The number of carbonyl (C=O) groups is 2. The van der Waals surface area contributed by atoms with Crippen molar-refractivity contribution in [2.75, 3.05) is 6.61 Å². The standard InChI is InChI=1S/C24H18Cl2N2O3/c25-18-11-9-16(10-12-18)22-13-21(19-6-2-3-7-20(19)26)27-28(22)24(30)15-31-23-8-4-1-5-17(23)14-29/h1-12,14,22H,13,15H2. The molecule has 7 heteroatoms. The summed E-state index contributed by atoms with van der Waals surface area (Å²) in [4.78, 5) is 24.3. The van der Waals surface area contributed by atoms with Gasteiger partial charge in [-0.3, -0.25) is 9.59 Å². The predicted molar refractivity (Wildman–Crippen MR) is 121 cm³/mol. The van der Waals surface area contributed by atoms with Crippen LogP contribution >= 0.6 is 23.2 Å². The van der Waals surface area contributed by atoms with Gasteiger partial charge in [0.1, 0.15) is 5.75 Å². The molecule has 31 heavy (non-hydrogen) atoms. The van der Waals surface area contributed by atoms with Gasteiger partial charge in [0.25, 0.3) is 5.91 Å². The molecule has 0 bridgehead atoms. The Hall–Kier alpha value is -3.15. The van der Waals surface area contributed by atoms with Crippen molar-refractivity contribution in [1.82, 2.24) is 5.01 Å². The number of halogens is 2. The number of benzene rings is 3. The lowest BCUT2D eigenvalue weighted by Crippen LogP contribution is -2.31. The molecule has 5 nitrogen and oxygen atoms in total. The number of hydrogen-bond acceptors (Lipinski definition) is 4. The Bertz CT molecular complexity index is 1150. The van der Waals surface area contributed by atoms with Gasteiger partial charge in [-0.1, -0.05) is 65.7 Å². The number of aldehydes is 1. The van der Waals surface area contributed by atoms with Gasteiger partial charge in [-0.2, -0.15) is 5.10 Å². The molecule has 0 aromatic heterocycles. The third kappa shape index (κ3) is 4.63. The van der Waals surface area contributed by atoms with Crippen LogP contribution in [-0.4, -0.2) is 29.5 Å². The van der Waals surface area contributed by atoms with Crippen molar-refractivity contribution in [1.29, 1.82) is 0 Å². The van der Waals surface area contributed by atoms with E-state index in [1.54, 1.807) is 42.5 Å². The molecule has 0 N–H and O–H groups in total. The highest BCUT2D eigenvalue weighted by Gasteiger charge is 2.34. The maximum Gasteiger partial charge on any atom is 0.281 e. The number of hydrazone groups is 1. The molecule has 0 fully saturated rings. The molecular weight excluding hydrogens is 435 g/mol. The molecule has 156 valence electrons. The van der Waals surface area contributed by atoms with Gasteiger partial charge >= 0.3 is 0 Å². The summed E-state index contributed by atoms with van der Waals surface area (Å²) in [6.45, 7) is -0.256. The summed E-state index contributed by atoms with van der Waals surface area (Å²) in [6.07, 6.45) is 1.20. The fourth-order valence-electron chi connectivity index (χ4n) is 3.46. The fraction of sp³-hybridized carbons (Fsp3) is 0.125. The van der Waals surface area contributed by atoms with Crippen molar-refractivity contribution in [3.8, 4) is 5.75 Å². The van der Waals surface area contributed by atoms with E-state index in [4.69, 9.17) is 27.9 Å². The average Bonchev–Trinajstić information content (AvgIpc) is 3.23. The summed E-state index contributed by atoms with van der Waals surface area (Å²) < 4.78 is 5.63. The highest BCUT2D eigenvalue weighted by Crippen LogP contribution is 2.35. The minimum Gasteiger partial charge on any atom is -0.483 e. The van der Waals surface area contributed by atoms with Gasteiger partial charge < -0.3 is 4.74 Å². The molecule has 1 heterocycles. The van der Waals surface area contributed by atoms with Crippen molar-refractivity contribution < 1.29 is 14.3 Å². The molecule has 1 atom stereocenters. The summed E-state index contributed by atoms with van der Waals surface area (Å²) >= 11 is 12.4. The second-order valence-corrected chi connectivity index (χ2v) is 7.82. The molecular formula is C24H18Cl2N2O3. The topological polar surface area (TPSA) is 59.0 Å². The normalized spacial score (nSPS) is 15.5. The van der Waals surface area contributed by atoms with Crippen LogP contribution in [0.25, 0.3) is 0 Å². The number of rotatable bonds is 6. The SMILES string of the molecule is O=Cc1ccccc1OCC(=O)N1N=C(c2ccccc2Cl)CC1c1ccc(Cl)cc1. The Morgan fingerprint density at radius 1 is 1.03 bits per heavy atom. The molecule has 3 aromatic rings. The third-order valence-electron chi connectivity index (χ3n) is 5.00. The summed E-state index contributed by atoms with van der Waals surface area (Å²) in [6, 6.07) is 21.2. The number of hydrogen-bond donors (Lipinski definition) is 0. The second kappa shape index (κ2) is 9.33. The van der Waals surface area contributed by atoms with Crippen LogP contribution in [0, 0.1) is 0 Å². The second-order valence-electron chi connectivity index (χ2n) is 6.98. The number of amides is 1. The number of para-hydroxylation sites is 1. The van der Waals surface area contributed by atoms with Crippen LogP contribution in [0.2, 0.25) is 10.0 Å². The van der Waals surface area contributed by atoms with Crippen LogP contribution < -0.4 is 4.74 Å². The zero-order valence-corrected chi connectivity index (χ0v) is 17.9. The van der Waals surface area contributed by atoms with E-state index in [1.165, 1.54) is 5.01 Å². The van der Waals surface area contributed by atoms with E-state index in [2.05, 4.69) is 5.10 Å². The Kier molecular flexibility index (Phi) is 6.35. The van der Waals surface area contributed by atoms with Crippen LogP contribution in [0.3, 0.4) is 0 Å². The van der Waals surface area contributed by atoms with Gasteiger partial charge in [0.2, 0.25) is 0 Å². The van der Waals surface area contributed by atoms with Gasteiger partial charge in [-0.15, -0.1) is 0 Å². The van der Waals surface area contributed by atoms with E-state index in [1.807, 2.05) is 30.3 Å². The molecule has 0 radical (unpaired) electrons. The third-order valence-corrected chi connectivity index (χ3v) is 5.58. The lowest BCUT2D eigenvalue weighted by molar-refractivity contribution is -0.135. The zero-order valence-electron chi connectivity index (χ0n) is 16.4. The van der Waals surface area contributed by atoms with Crippen LogP contribution in [-0.2, 0) is 4.79 Å². The molecule has 3 aromatic carbocycles. The fourth-order valence-corrected chi connectivity index (χ4v) is 3.83. The van der Waals surface area contributed by atoms with Crippen LogP contribution in [0.1, 0.15) is 33.9 Å². The minimum atomic E-state index is -0.331. The number of nitrogens with zero attached hydrogens (tertiary/aromatic N) is 2. The molecule has 4 rings (SSSR count). The molecule has 1 amide bonds. The monoisotopic (exact) mass is 452 g/mol.